The van der Waals surface area contributed by atoms with Gasteiger partial charge in [0.1, 0.15) is 0 Å². The largest absolute Gasteiger partial charge is 0.341 e. The number of amides is 1. The zero-order chi connectivity index (χ0) is 17.1. The summed E-state index contributed by atoms with van der Waals surface area (Å²) in [6.07, 6.45) is 9.54. The zero-order valence-corrected chi connectivity index (χ0v) is 15.6. The molecule has 1 aliphatic carbocycles. The van der Waals surface area contributed by atoms with Gasteiger partial charge in [-0.15, -0.1) is 0 Å². The van der Waals surface area contributed by atoms with Crippen molar-refractivity contribution in [1.29, 1.82) is 0 Å². The van der Waals surface area contributed by atoms with E-state index in [4.69, 9.17) is 23.2 Å². The molecule has 1 amide bonds. The molecule has 0 aromatic heterocycles. The van der Waals surface area contributed by atoms with Gasteiger partial charge >= 0.3 is 0 Å². The van der Waals surface area contributed by atoms with Gasteiger partial charge in [-0.1, -0.05) is 54.3 Å². The van der Waals surface area contributed by atoms with Gasteiger partial charge in [0.25, 0.3) is 0 Å². The molecule has 1 saturated carbocycles. The third kappa shape index (κ3) is 3.96. The lowest BCUT2D eigenvalue weighted by atomic mass is 9.88. The van der Waals surface area contributed by atoms with Gasteiger partial charge in [0.05, 0.1) is 16.5 Å². The van der Waals surface area contributed by atoms with Crippen LogP contribution in [0.1, 0.15) is 31.2 Å². The van der Waals surface area contributed by atoms with Gasteiger partial charge in [0.15, 0.2) is 0 Å². The van der Waals surface area contributed by atoms with Gasteiger partial charge in [-0.25, -0.2) is 0 Å². The summed E-state index contributed by atoms with van der Waals surface area (Å²) in [7, 11) is 1.95. The highest BCUT2D eigenvalue weighted by atomic mass is 35.5. The maximum atomic E-state index is 12.8. The van der Waals surface area contributed by atoms with E-state index in [9.17, 15) is 4.79 Å². The average Bonchev–Trinajstić information content (AvgIpc) is 3.12. The van der Waals surface area contributed by atoms with Gasteiger partial charge < -0.3 is 4.90 Å². The molecule has 1 aliphatic heterocycles. The number of likely N-dealkylation sites (N-methyl/N-ethyl adjacent to an activating group) is 1. The first-order valence-corrected chi connectivity index (χ1v) is 9.40. The summed E-state index contributed by atoms with van der Waals surface area (Å²) in [5, 5.41) is 1.03. The zero-order valence-electron chi connectivity index (χ0n) is 14.0. The number of hydrogen-bond acceptors (Lipinski definition) is 2. The van der Waals surface area contributed by atoms with Crippen molar-refractivity contribution in [2.75, 3.05) is 20.1 Å². The van der Waals surface area contributed by atoms with E-state index in [-0.39, 0.29) is 5.91 Å². The van der Waals surface area contributed by atoms with Crippen LogP contribution in [0.5, 0.6) is 0 Å². The molecule has 130 valence electrons. The SMILES string of the molecule is CN(C(=O)Cc1ccc(Cl)c(Cl)c1)[C@H]1CCCC[C@@H]1N1CC=CC1. The van der Waals surface area contributed by atoms with Gasteiger partial charge in [0, 0.05) is 32.2 Å². The number of halogens is 2. The van der Waals surface area contributed by atoms with Crippen molar-refractivity contribution in [3.63, 3.8) is 0 Å². The summed E-state index contributed by atoms with van der Waals surface area (Å²) < 4.78 is 0. The molecule has 3 rings (SSSR count). The summed E-state index contributed by atoms with van der Waals surface area (Å²) in [5.74, 6) is 0.150. The molecule has 2 aliphatic rings. The van der Waals surface area contributed by atoms with E-state index in [1.807, 2.05) is 18.0 Å². The van der Waals surface area contributed by atoms with Gasteiger partial charge in [-0.05, 0) is 30.5 Å². The van der Waals surface area contributed by atoms with Crippen molar-refractivity contribution in [1.82, 2.24) is 9.80 Å². The summed E-state index contributed by atoms with van der Waals surface area (Å²) in [6.45, 7) is 2.02. The number of rotatable bonds is 4. The molecule has 0 radical (unpaired) electrons. The minimum atomic E-state index is 0.150. The van der Waals surface area contributed by atoms with Crippen LogP contribution in [0.2, 0.25) is 10.0 Å². The molecule has 1 aromatic carbocycles. The van der Waals surface area contributed by atoms with Crippen molar-refractivity contribution in [2.45, 2.75) is 44.2 Å². The fraction of sp³-hybridized carbons (Fsp3) is 0.526. The van der Waals surface area contributed by atoms with Crippen LogP contribution in [-0.2, 0) is 11.2 Å². The number of benzene rings is 1. The molecule has 24 heavy (non-hydrogen) atoms. The predicted octanol–water partition coefficient (Wildman–Crippen LogP) is 4.18. The van der Waals surface area contributed by atoms with Crippen molar-refractivity contribution >= 4 is 29.1 Å². The Hall–Kier alpha value is -1.03. The fourth-order valence-electron chi connectivity index (χ4n) is 3.87. The van der Waals surface area contributed by atoms with Crippen LogP contribution >= 0.6 is 23.2 Å². The van der Waals surface area contributed by atoms with Crippen LogP contribution in [0, 0.1) is 0 Å². The predicted molar refractivity (Wildman–Crippen MR) is 99.7 cm³/mol. The molecule has 5 heteroatoms. The van der Waals surface area contributed by atoms with Crippen LogP contribution in [0.3, 0.4) is 0 Å². The van der Waals surface area contributed by atoms with Gasteiger partial charge in [-0.2, -0.15) is 0 Å². The van der Waals surface area contributed by atoms with E-state index in [1.54, 1.807) is 12.1 Å². The first kappa shape index (κ1) is 17.8. The number of carbonyl (C=O) groups excluding carboxylic acids is 1. The molecular weight excluding hydrogens is 343 g/mol. The Morgan fingerprint density at radius 3 is 2.58 bits per heavy atom. The Kier molecular flexibility index (Phi) is 5.85. The molecule has 0 saturated heterocycles. The highest BCUT2D eigenvalue weighted by molar-refractivity contribution is 6.42. The van der Waals surface area contributed by atoms with Crippen LogP contribution < -0.4 is 0 Å². The monoisotopic (exact) mass is 366 g/mol. The second kappa shape index (κ2) is 7.90. The lowest BCUT2D eigenvalue weighted by Gasteiger charge is -2.42. The lowest BCUT2D eigenvalue weighted by molar-refractivity contribution is -0.133. The Bertz CT molecular complexity index is 624. The lowest BCUT2D eigenvalue weighted by Crippen LogP contribution is -2.53. The molecule has 0 unspecified atom stereocenters. The molecule has 0 N–H and O–H groups in total. The maximum Gasteiger partial charge on any atom is 0.227 e. The molecular formula is C19H24Cl2N2O. The molecule has 1 aromatic rings. The first-order valence-electron chi connectivity index (χ1n) is 8.65. The Balaban J connectivity index is 1.67. The Morgan fingerprint density at radius 1 is 1.17 bits per heavy atom. The minimum Gasteiger partial charge on any atom is -0.341 e. The quantitative estimate of drug-likeness (QED) is 0.746. The normalized spacial score (nSPS) is 24.3. The van der Waals surface area contributed by atoms with Crippen molar-refractivity contribution in [3.8, 4) is 0 Å². The minimum absolute atomic E-state index is 0.150. The first-order chi connectivity index (χ1) is 11.6. The molecule has 1 fully saturated rings. The standard InChI is InChI=1S/C19H24Cl2N2O/c1-22(19(24)13-14-8-9-15(20)16(21)12-14)17-6-2-3-7-18(17)23-10-4-5-11-23/h4-5,8-9,12,17-18H,2-3,6-7,10-11,13H2,1H3/t17-,18-/m0/s1. The second-order valence-corrected chi connectivity index (χ2v) is 7.59. The van der Waals surface area contributed by atoms with E-state index in [0.29, 0.717) is 28.5 Å². The summed E-state index contributed by atoms with van der Waals surface area (Å²) in [4.78, 5) is 17.2. The van der Waals surface area contributed by atoms with E-state index in [2.05, 4.69) is 17.1 Å². The van der Waals surface area contributed by atoms with Crippen molar-refractivity contribution in [3.05, 3.63) is 46.0 Å². The van der Waals surface area contributed by atoms with Crippen LogP contribution in [-0.4, -0.2) is 47.9 Å². The van der Waals surface area contributed by atoms with Gasteiger partial charge in [0.2, 0.25) is 5.91 Å². The number of hydrogen-bond donors (Lipinski definition) is 0. The van der Waals surface area contributed by atoms with Crippen LogP contribution in [0.25, 0.3) is 0 Å². The number of carbonyl (C=O) groups is 1. The van der Waals surface area contributed by atoms with E-state index < -0.39 is 0 Å². The van der Waals surface area contributed by atoms with Gasteiger partial charge in [-0.3, -0.25) is 9.69 Å². The van der Waals surface area contributed by atoms with E-state index in [1.165, 1.54) is 19.3 Å². The highest BCUT2D eigenvalue weighted by Gasteiger charge is 2.34. The van der Waals surface area contributed by atoms with Crippen LogP contribution in [0.4, 0.5) is 0 Å². The summed E-state index contributed by atoms with van der Waals surface area (Å²) in [6, 6.07) is 6.19. The Labute approximate surface area is 154 Å². The third-order valence-electron chi connectivity index (χ3n) is 5.24. The summed E-state index contributed by atoms with van der Waals surface area (Å²) in [5.41, 5.74) is 0.913. The highest BCUT2D eigenvalue weighted by Crippen LogP contribution is 2.28. The summed E-state index contributed by atoms with van der Waals surface area (Å²) >= 11 is 12.0. The maximum absolute atomic E-state index is 12.8. The van der Waals surface area contributed by atoms with E-state index in [0.717, 1.165) is 25.1 Å². The Morgan fingerprint density at radius 2 is 1.88 bits per heavy atom. The number of nitrogens with zero attached hydrogens (tertiary/aromatic N) is 2. The van der Waals surface area contributed by atoms with Crippen LogP contribution in [0.15, 0.2) is 30.4 Å². The van der Waals surface area contributed by atoms with Crippen molar-refractivity contribution < 1.29 is 4.79 Å². The van der Waals surface area contributed by atoms with Crippen molar-refractivity contribution in [2.24, 2.45) is 0 Å². The third-order valence-corrected chi connectivity index (χ3v) is 5.98. The molecule has 0 spiro atoms. The smallest absolute Gasteiger partial charge is 0.227 e. The van der Waals surface area contributed by atoms with E-state index >= 15 is 0 Å². The topological polar surface area (TPSA) is 23.6 Å². The molecule has 3 nitrogen and oxygen atoms in total. The fourth-order valence-corrected chi connectivity index (χ4v) is 4.19. The molecule has 1 heterocycles. The second-order valence-electron chi connectivity index (χ2n) is 6.77. The average molecular weight is 367 g/mol. The molecule has 0 bridgehead atoms. The molecule has 2 atom stereocenters.